The molecule has 0 saturated heterocycles. The van der Waals surface area contributed by atoms with Gasteiger partial charge in [-0.1, -0.05) is 41.4 Å². The fourth-order valence-corrected chi connectivity index (χ4v) is 2.77. The van der Waals surface area contributed by atoms with Crippen molar-refractivity contribution in [1.29, 1.82) is 0 Å². The lowest BCUT2D eigenvalue weighted by molar-refractivity contribution is 0.308. The van der Waals surface area contributed by atoms with E-state index in [-0.39, 0.29) is 0 Å². The molecule has 0 unspecified atom stereocenters. The molecule has 0 saturated carbocycles. The number of benzene rings is 2. The monoisotopic (exact) mass is 337 g/mol. The van der Waals surface area contributed by atoms with E-state index in [0.717, 1.165) is 19.4 Å². The molecule has 0 atom stereocenters. The smallest absolute Gasteiger partial charge is 0.137 e. The molecule has 0 aliphatic carbocycles. The van der Waals surface area contributed by atoms with Gasteiger partial charge in [-0.05, 0) is 56.0 Å². The van der Waals surface area contributed by atoms with Gasteiger partial charge in [0.05, 0.1) is 11.6 Å². The van der Waals surface area contributed by atoms with Crippen LogP contribution in [0, 0.1) is 13.8 Å². The molecule has 0 heterocycles. The van der Waals surface area contributed by atoms with Crippen LogP contribution in [0.5, 0.6) is 5.75 Å². The highest BCUT2D eigenvalue weighted by Crippen LogP contribution is 2.27. The Balaban J connectivity index is 1.69. The second-order valence-corrected chi connectivity index (χ2v) is 6.17. The highest BCUT2D eigenvalue weighted by atomic mass is 35.5. The molecule has 2 aromatic rings. The number of aryl methyl sites for hydroxylation is 2. The minimum atomic E-state index is 0.557. The number of hydrogen-bond donors (Lipinski definition) is 1. The molecule has 0 spiro atoms. The number of para-hydroxylation sites is 1. The summed E-state index contributed by atoms with van der Waals surface area (Å²) in [6.45, 7) is 5.83. The Morgan fingerprint density at radius 3 is 2.41 bits per heavy atom. The lowest BCUT2D eigenvalue weighted by Gasteiger charge is -2.13. The van der Waals surface area contributed by atoms with Crippen molar-refractivity contribution in [2.45, 2.75) is 26.7 Å². The van der Waals surface area contributed by atoms with E-state index in [0.29, 0.717) is 22.4 Å². The van der Waals surface area contributed by atoms with Crippen molar-refractivity contribution in [3.63, 3.8) is 0 Å². The first kappa shape index (κ1) is 17.0. The summed E-state index contributed by atoms with van der Waals surface area (Å²) in [7, 11) is 0. The second-order valence-electron chi connectivity index (χ2n) is 5.32. The van der Waals surface area contributed by atoms with Crippen molar-refractivity contribution in [3.05, 3.63) is 57.6 Å². The molecule has 4 heteroatoms. The van der Waals surface area contributed by atoms with Gasteiger partial charge in [0, 0.05) is 17.3 Å². The summed E-state index contributed by atoms with van der Waals surface area (Å²) < 4.78 is 5.67. The van der Waals surface area contributed by atoms with E-state index in [4.69, 9.17) is 27.9 Å². The van der Waals surface area contributed by atoms with Crippen molar-refractivity contribution in [2.24, 2.45) is 0 Å². The maximum atomic E-state index is 6.06. The molecule has 0 bridgehead atoms. The summed E-state index contributed by atoms with van der Waals surface area (Å²) in [5.41, 5.74) is 3.80. The summed E-state index contributed by atoms with van der Waals surface area (Å²) in [6.07, 6.45) is 2.01. The number of hydrogen-bond acceptors (Lipinski definition) is 2. The molecular weight excluding hydrogens is 317 g/mol. The molecule has 0 aliphatic heterocycles. The quantitative estimate of drug-likeness (QED) is 0.636. The first-order valence-electron chi connectivity index (χ1n) is 7.46. The maximum absolute atomic E-state index is 6.06. The average Bonchev–Trinajstić information content (AvgIpc) is 2.47. The van der Waals surface area contributed by atoms with E-state index < -0.39 is 0 Å². The third-order valence-corrected chi connectivity index (χ3v) is 4.04. The minimum Gasteiger partial charge on any atom is -0.492 e. The molecular formula is C18H21Cl2NO. The van der Waals surface area contributed by atoms with E-state index in [1.54, 1.807) is 18.2 Å². The van der Waals surface area contributed by atoms with E-state index in [1.807, 2.05) is 0 Å². The lowest BCUT2D eigenvalue weighted by atomic mass is 10.1. The molecule has 0 fully saturated rings. The third-order valence-electron chi connectivity index (χ3n) is 3.51. The van der Waals surface area contributed by atoms with Crippen LogP contribution in [-0.4, -0.2) is 13.2 Å². The molecule has 118 valence electrons. The zero-order chi connectivity index (χ0) is 15.9. The summed E-state index contributed by atoms with van der Waals surface area (Å²) in [6, 6.07) is 11.6. The van der Waals surface area contributed by atoms with Gasteiger partial charge in [0.1, 0.15) is 5.75 Å². The van der Waals surface area contributed by atoms with E-state index in [9.17, 15) is 0 Å². The van der Waals surface area contributed by atoms with Gasteiger partial charge in [-0.2, -0.15) is 0 Å². The van der Waals surface area contributed by atoms with E-state index in [1.165, 1.54) is 16.8 Å². The molecule has 0 radical (unpaired) electrons. The first-order chi connectivity index (χ1) is 10.6. The van der Waals surface area contributed by atoms with Gasteiger partial charge >= 0.3 is 0 Å². The Labute approximate surface area is 142 Å². The van der Waals surface area contributed by atoms with Crippen LogP contribution in [0.25, 0.3) is 0 Å². The van der Waals surface area contributed by atoms with Crippen LogP contribution in [0.1, 0.15) is 24.0 Å². The Morgan fingerprint density at radius 1 is 1.00 bits per heavy atom. The number of rotatable bonds is 7. The van der Waals surface area contributed by atoms with Crippen LogP contribution in [0.15, 0.2) is 36.4 Å². The zero-order valence-corrected chi connectivity index (χ0v) is 14.5. The Hall–Kier alpha value is -1.38. The molecule has 0 aliphatic rings. The van der Waals surface area contributed by atoms with Crippen LogP contribution in [0.2, 0.25) is 10.0 Å². The second kappa shape index (κ2) is 8.30. The summed E-state index contributed by atoms with van der Waals surface area (Å²) in [5.74, 6) is 0.689. The predicted molar refractivity (Wildman–Crippen MR) is 95.6 cm³/mol. The molecule has 0 aromatic heterocycles. The van der Waals surface area contributed by atoms with Gasteiger partial charge < -0.3 is 10.1 Å². The third kappa shape index (κ3) is 4.82. The highest BCUT2D eigenvalue weighted by Gasteiger charge is 2.03. The number of nitrogens with one attached hydrogen (secondary N) is 1. The largest absolute Gasteiger partial charge is 0.492 e. The standard InChI is InChI=1S/C18H21Cl2NO/c1-13-6-5-7-14(2)18(13)21-10-3-4-11-22-17-9-8-15(19)12-16(17)20/h5-9,12,21H,3-4,10-11H2,1-2H3. The number of anilines is 1. The first-order valence-corrected chi connectivity index (χ1v) is 8.21. The highest BCUT2D eigenvalue weighted by molar-refractivity contribution is 6.35. The molecule has 2 rings (SSSR count). The fraction of sp³-hybridized carbons (Fsp3) is 0.333. The Kier molecular flexibility index (Phi) is 6.41. The van der Waals surface area contributed by atoms with Crippen molar-refractivity contribution >= 4 is 28.9 Å². The van der Waals surface area contributed by atoms with Gasteiger partial charge in [0.25, 0.3) is 0 Å². The van der Waals surface area contributed by atoms with Crippen molar-refractivity contribution in [2.75, 3.05) is 18.5 Å². The van der Waals surface area contributed by atoms with Crippen LogP contribution in [-0.2, 0) is 0 Å². The van der Waals surface area contributed by atoms with Gasteiger partial charge in [-0.15, -0.1) is 0 Å². The summed E-state index contributed by atoms with van der Waals surface area (Å²) >= 11 is 11.9. The van der Waals surface area contributed by atoms with Gasteiger partial charge in [0.2, 0.25) is 0 Å². The fourth-order valence-electron chi connectivity index (χ4n) is 2.31. The molecule has 2 nitrogen and oxygen atoms in total. The molecule has 1 N–H and O–H groups in total. The van der Waals surface area contributed by atoms with Crippen LogP contribution in [0.4, 0.5) is 5.69 Å². The van der Waals surface area contributed by atoms with Crippen molar-refractivity contribution in [1.82, 2.24) is 0 Å². The SMILES string of the molecule is Cc1cccc(C)c1NCCCCOc1ccc(Cl)cc1Cl. The molecule has 22 heavy (non-hydrogen) atoms. The zero-order valence-electron chi connectivity index (χ0n) is 13.0. The van der Waals surface area contributed by atoms with Crippen LogP contribution < -0.4 is 10.1 Å². The summed E-state index contributed by atoms with van der Waals surface area (Å²) in [4.78, 5) is 0. The average molecular weight is 338 g/mol. The maximum Gasteiger partial charge on any atom is 0.137 e. The van der Waals surface area contributed by atoms with Gasteiger partial charge in [-0.3, -0.25) is 0 Å². The summed E-state index contributed by atoms with van der Waals surface area (Å²) in [5, 5.41) is 4.68. The van der Waals surface area contributed by atoms with E-state index >= 15 is 0 Å². The van der Waals surface area contributed by atoms with Crippen molar-refractivity contribution in [3.8, 4) is 5.75 Å². The molecule has 2 aromatic carbocycles. The lowest BCUT2D eigenvalue weighted by Crippen LogP contribution is -2.07. The van der Waals surface area contributed by atoms with E-state index in [2.05, 4.69) is 37.4 Å². The number of ether oxygens (including phenoxy) is 1. The van der Waals surface area contributed by atoms with Gasteiger partial charge in [0.15, 0.2) is 0 Å². The normalized spacial score (nSPS) is 10.5. The minimum absolute atomic E-state index is 0.557. The number of halogens is 2. The molecule has 0 amide bonds. The van der Waals surface area contributed by atoms with Crippen LogP contribution >= 0.6 is 23.2 Å². The van der Waals surface area contributed by atoms with Crippen molar-refractivity contribution < 1.29 is 4.74 Å². The Bertz CT molecular complexity index is 608. The van der Waals surface area contributed by atoms with Gasteiger partial charge in [-0.25, -0.2) is 0 Å². The predicted octanol–water partition coefficient (Wildman–Crippen LogP) is 5.88. The number of unbranched alkanes of at least 4 members (excludes halogenated alkanes) is 1. The van der Waals surface area contributed by atoms with Crippen LogP contribution in [0.3, 0.4) is 0 Å². The Morgan fingerprint density at radius 2 is 1.73 bits per heavy atom. The topological polar surface area (TPSA) is 21.3 Å².